The summed E-state index contributed by atoms with van der Waals surface area (Å²) in [5.74, 6) is 0.0450. The third-order valence-corrected chi connectivity index (χ3v) is 3.50. The van der Waals surface area contributed by atoms with Gasteiger partial charge >= 0.3 is 0 Å². The summed E-state index contributed by atoms with van der Waals surface area (Å²) < 4.78 is 19.2. The Morgan fingerprint density at radius 2 is 2.00 bits per heavy atom. The molecule has 5 heteroatoms. The van der Waals surface area contributed by atoms with Crippen molar-refractivity contribution in [3.8, 4) is 11.5 Å². The van der Waals surface area contributed by atoms with Crippen LogP contribution in [0.25, 0.3) is 11.5 Å². The van der Waals surface area contributed by atoms with Gasteiger partial charge in [-0.3, -0.25) is 4.79 Å². The van der Waals surface area contributed by atoms with Crippen LogP contribution < -0.4 is 0 Å². The summed E-state index contributed by atoms with van der Waals surface area (Å²) in [4.78, 5) is 18.3. The molecule has 0 aliphatic carbocycles. The Bertz CT molecular complexity index is 645. The van der Waals surface area contributed by atoms with E-state index in [2.05, 4.69) is 4.98 Å². The highest BCUT2D eigenvalue weighted by Gasteiger charge is 2.25. The zero-order chi connectivity index (χ0) is 14.1. The minimum atomic E-state index is -0.408. The molecule has 1 aliphatic rings. The monoisotopic (exact) mass is 274 g/mol. The molecule has 4 nitrogen and oxygen atoms in total. The number of amides is 1. The molecule has 0 atom stereocenters. The second-order valence-electron chi connectivity index (χ2n) is 4.90. The largest absolute Gasteiger partial charge is 0.440 e. The highest BCUT2D eigenvalue weighted by molar-refractivity contribution is 5.93. The maximum atomic E-state index is 13.7. The lowest BCUT2D eigenvalue weighted by atomic mass is 10.2. The van der Waals surface area contributed by atoms with E-state index in [1.54, 1.807) is 30.0 Å². The number of aromatic nitrogens is 1. The average Bonchev–Trinajstić information content (AvgIpc) is 3.08. The van der Waals surface area contributed by atoms with Crippen molar-refractivity contribution < 1.29 is 13.6 Å². The number of benzene rings is 1. The predicted molar refractivity (Wildman–Crippen MR) is 71.8 cm³/mol. The Balaban J connectivity index is 1.95. The number of carbonyl (C=O) groups excluding carboxylic acids is 1. The van der Waals surface area contributed by atoms with Crippen LogP contribution in [0.2, 0.25) is 0 Å². The van der Waals surface area contributed by atoms with Gasteiger partial charge in [0.05, 0.1) is 5.56 Å². The summed E-state index contributed by atoms with van der Waals surface area (Å²) in [6, 6.07) is 6.24. The molecule has 1 aromatic heterocycles. The molecule has 0 spiro atoms. The number of hydrogen-bond donors (Lipinski definition) is 0. The summed E-state index contributed by atoms with van der Waals surface area (Å²) in [7, 11) is 0. The van der Waals surface area contributed by atoms with E-state index in [0.29, 0.717) is 5.76 Å². The van der Waals surface area contributed by atoms with Crippen LogP contribution in [0.4, 0.5) is 4.39 Å². The fourth-order valence-electron chi connectivity index (χ4n) is 2.41. The highest BCUT2D eigenvalue weighted by atomic mass is 19.1. The topological polar surface area (TPSA) is 46.3 Å². The first kappa shape index (κ1) is 12.8. The second-order valence-corrected chi connectivity index (χ2v) is 4.90. The van der Waals surface area contributed by atoms with E-state index >= 15 is 0 Å². The number of oxazole rings is 1. The minimum Gasteiger partial charge on any atom is -0.440 e. The van der Waals surface area contributed by atoms with Gasteiger partial charge in [0.25, 0.3) is 5.91 Å². The van der Waals surface area contributed by atoms with Gasteiger partial charge < -0.3 is 9.32 Å². The normalized spacial score (nSPS) is 14.8. The quantitative estimate of drug-likeness (QED) is 0.845. The molecule has 3 rings (SSSR count). The number of carbonyl (C=O) groups is 1. The van der Waals surface area contributed by atoms with Crippen LogP contribution in [0.1, 0.15) is 29.1 Å². The zero-order valence-electron chi connectivity index (χ0n) is 11.2. The number of likely N-dealkylation sites (tertiary alicyclic amines) is 1. The van der Waals surface area contributed by atoms with Crippen molar-refractivity contribution in [1.82, 2.24) is 9.88 Å². The van der Waals surface area contributed by atoms with Crippen LogP contribution >= 0.6 is 0 Å². The first-order chi connectivity index (χ1) is 9.66. The minimum absolute atomic E-state index is 0.133. The van der Waals surface area contributed by atoms with E-state index in [9.17, 15) is 9.18 Å². The summed E-state index contributed by atoms with van der Waals surface area (Å²) in [6.45, 7) is 3.18. The molecule has 0 bridgehead atoms. The first-order valence-corrected chi connectivity index (χ1v) is 6.68. The molecule has 0 N–H and O–H groups in total. The van der Waals surface area contributed by atoms with E-state index in [1.165, 1.54) is 6.07 Å². The van der Waals surface area contributed by atoms with Crippen LogP contribution in [0.3, 0.4) is 0 Å². The average molecular weight is 274 g/mol. The Morgan fingerprint density at radius 3 is 2.70 bits per heavy atom. The third kappa shape index (κ3) is 2.19. The number of aryl methyl sites for hydroxylation is 1. The van der Waals surface area contributed by atoms with Gasteiger partial charge in [-0.1, -0.05) is 12.1 Å². The molecule has 1 amide bonds. The number of nitrogens with zero attached hydrogens (tertiary/aromatic N) is 2. The van der Waals surface area contributed by atoms with E-state index in [0.717, 1.165) is 25.9 Å². The van der Waals surface area contributed by atoms with Crippen molar-refractivity contribution in [2.75, 3.05) is 13.1 Å². The molecular weight excluding hydrogens is 259 g/mol. The Morgan fingerprint density at radius 1 is 1.30 bits per heavy atom. The van der Waals surface area contributed by atoms with Gasteiger partial charge in [0.15, 0.2) is 5.69 Å². The lowest BCUT2D eigenvalue weighted by Gasteiger charge is -2.13. The van der Waals surface area contributed by atoms with Crippen LogP contribution in [0.5, 0.6) is 0 Å². The van der Waals surface area contributed by atoms with Gasteiger partial charge in [0.2, 0.25) is 5.89 Å². The van der Waals surface area contributed by atoms with E-state index in [-0.39, 0.29) is 23.1 Å². The van der Waals surface area contributed by atoms with Crippen LogP contribution in [-0.4, -0.2) is 28.9 Å². The molecular formula is C15H15FN2O2. The molecule has 2 heterocycles. The van der Waals surface area contributed by atoms with E-state index < -0.39 is 5.82 Å². The smallest absolute Gasteiger partial charge is 0.276 e. The molecule has 0 radical (unpaired) electrons. The van der Waals surface area contributed by atoms with Gasteiger partial charge in [0.1, 0.15) is 11.6 Å². The van der Waals surface area contributed by atoms with Gasteiger partial charge in [-0.15, -0.1) is 0 Å². The molecule has 1 fully saturated rings. The molecule has 1 aromatic carbocycles. The summed E-state index contributed by atoms with van der Waals surface area (Å²) >= 11 is 0. The Hall–Kier alpha value is -2.17. The van der Waals surface area contributed by atoms with Crippen molar-refractivity contribution in [3.63, 3.8) is 0 Å². The molecule has 1 saturated heterocycles. The summed E-state index contributed by atoms with van der Waals surface area (Å²) in [5.41, 5.74) is 0.557. The van der Waals surface area contributed by atoms with Crippen molar-refractivity contribution in [3.05, 3.63) is 41.5 Å². The lowest BCUT2D eigenvalue weighted by Crippen LogP contribution is -2.28. The van der Waals surface area contributed by atoms with E-state index in [1.807, 2.05) is 0 Å². The standard InChI is InChI=1S/C15H15FN2O2/c1-10-13(15(19)18-8-4-5-9-18)17-14(20-10)11-6-2-3-7-12(11)16/h2-3,6-7H,4-5,8-9H2,1H3. The molecule has 0 unspecified atom stereocenters. The van der Waals surface area contributed by atoms with Gasteiger partial charge in [-0.2, -0.15) is 0 Å². The van der Waals surface area contributed by atoms with Crippen molar-refractivity contribution in [1.29, 1.82) is 0 Å². The summed E-state index contributed by atoms with van der Waals surface area (Å²) in [5, 5.41) is 0. The fourth-order valence-corrected chi connectivity index (χ4v) is 2.41. The molecule has 1 aliphatic heterocycles. The Labute approximate surface area is 116 Å². The SMILES string of the molecule is Cc1oc(-c2ccccc2F)nc1C(=O)N1CCCC1. The Kier molecular flexibility index (Phi) is 3.26. The molecule has 0 saturated carbocycles. The van der Waals surface area contributed by atoms with Gasteiger partial charge in [-0.25, -0.2) is 9.37 Å². The van der Waals surface area contributed by atoms with E-state index in [4.69, 9.17) is 4.42 Å². The number of rotatable bonds is 2. The van der Waals surface area contributed by atoms with Gasteiger partial charge in [0, 0.05) is 13.1 Å². The number of halogens is 1. The third-order valence-electron chi connectivity index (χ3n) is 3.50. The molecule has 2 aromatic rings. The molecule has 104 valence electrons. The van der Waals surface area contributed by atoms with Gasteiger partial charge in [-0.05, 0) is 31.9 Å². The first-order valence-electron chi connectivity index (χ1n) is 6.68. The second kappa shape index (κ2) is 5.07. The van der Waals surface area contributed by atoms with Crippen molar-refractivity contribution >= 4 is 5.91 Å². The van der Waals surface area contributed by atoms with Crippen LogP contribution in [0, 0.1) is 12.7 Å². The van der Waals surface area contributed by atoms with Crippen LogP contribution in [0.15, 0.2) is 28.7 Å². The number of hydrogen-bond acceptors (Lipinski definition) is 3. The van der Waals surface area contributed by atoms with Crippen LogP contribution in [-0.2, 0) is 0 Å². The summed E-state index contributed by atoms with van der Waals surface area (Å²) in [6.07, 6.45) is 2.03. The predicted octanol–water partition coefficient (Wildman–Crippen LogP) is 3.03. The zero-order valence-corrected chi connectivity index (χ0v) is 11.2. The lowest BCUT2D eigenvalue weighted by molar-refractivity contribution is 0.0786. The maximum absolute atomic E-state index is 13.7. The molecule has 20 heavy (non-hydrogen) atoms. The maximum Gasteiger partial charge on any atom is 0.276 e. The fraction of sp³-hybridized carbons (Fsp3) is 0.333. The van der Waals surface area contributed by atoms with Crippen molar-refractivity contribution in [2.24, 2.45) is 0 Å². The highest BCUT2D eigenvalue weighted by Crippen LogP contribution is 2.25. The van der Waals surface area contributed by atoms with Crippen molar-refractivity contribution in [2.45, 2.75) is 19.8 Å².